The Morgan fingerprint density at radius 2 is 1.85 bits per heavy atom. The average molecular weight is 365 g/mol. The summed E-state index contributed by atoms with van der Waals surface area (Å²) in [6, 6.07) is 6.58. The third-order valence-corrected chi connectivity index (χ3v) is 4.45. The van der Waals surface area contributed by atoms with Crippen LogP contribution in [0, 0.1) is 11.7 Å². The molecule has 0 amide bonds. The van der Waals surface area contributed by atoms with Crippen LogP contribution in [-0.4, -0.2) is 14.6 Å². The van der Waals surface area contributed by atoms with Crippen LogP contribution in [0.5, 0.6) is 0 Å². The van der Waals surface area contributed by atoms with E-state index < -0.39 is 17.6 Å². The Kier molecular flexibility index (Phi) is 3.83. The predicted molar refractivity (Wildman–Crippen MR) is 87.1 cm³/mol. The van der Waals surface area contributed by atoms with Gasteiger partial charge in [0.15, 0.2) is 5.65 Å². The van der Waals surface area contributed by atoms with Gasteiger partial charge in [0.1, 0.15) is 17.2 Å². The molecule has 9 heteroatoms. The van der Waals surface area contributed by atoms with Crippen molar-refractivity contribution in [3.63, 3.8) is 0 Å². The molecule has 2 aromatic heterocycles. The van der Waals surface area contributed by atoms with E-state index in [1.165, 1.54) is 34.9 Å². The number of hydrogen-bond acceptors (Lipinski definition) is 4. The molecule has 1 aromatic carbocycles. The smallest absolute Gasteiger partial charge is 0.286 e. The van der Waals surface area contributed by atoms with Crippen molar-refractivity contribution in [2.45, 2.75) is 25.4 Å². The summed E-state index contributed by atoms with van der Waals surface area (Å²) in [5.74, 6) is 6.04. The first-order valence-corrected chi connectivity index (χ1v) is 8.09. The van der Waals surface area contributed by atoms with Gasteiger partial charge in [-0.25, -0.2) is 10.2 Å². The molecule has 0 radical (unpaired) electrons. The predicted octanol–water partition coefficient (Wildman–Crippen LogP) is 3.85. The van der Waals surface area contributed by atoms with E-state index in [1.807, 2.05) is 0 Å². The minimum absolute atomic E-state index is 0.167. The zero-order valence-electron chi connectivity index (χ0n) is 13.5. The molecule has 2 N–H and O–H groups in total. The fourth-order valence-electron chi connectivity index (χ4n) is 2.96. The Hall–Kier alpha value is -2.68. The largest absolute Gasteiger partial charge is 0.422 e. The van der Waals surface area contributed by atoms with Crippen molar-refractivity contribution >= 4 is 17.0 Å². The number of hydrogen-bond donors (Lipinski definition) is 1. The van der Waals surface area contributed by atoms with Crippen molar-refractivity contribution in [1.82, 2.24) is 14.6 Å². The van der Waals surface area contributed by atoms with Crippen molar-refractivity contribution in [3.05, 3.63) is 53.7 Å². The van der Waals surface area contributed by atoms with Gasteiger partial charge in [-0.3, -0.25) is 9.41 Å². The molecule has 0 aliphatic heterocycles. The minimum atomic E-state index is -4.73. The summed E-state index contributed by atoms with van der Waals surface area (Å²) in [5, 5.41) is 8.35. The molecule has 1 fully saturated rings. The number of rotatable bonds is 4. The second-order valence-corrected chi connectivity index (χ2v) is 6.35. The van der Waals surface area contributed by atoms with E-state index >= 15 is 0 Å². The van der Waals surface area contributed by atoms with Crippen molar-refractivity contribution in [2.24, 2.45) is 11.8 Å². The van der Waals surface area contributed by atoms with Gasteiger partial charge in [0, 0.05) is 12.6 Å². The first-order valence-electron chi connectivity index (χ1n) is 8.09. The number of pyridine rings is 1. The molecule has 1 saturated carbocycles. The molecule has 0 saturated heterocycles. The molecule has 0 bridgehead atoms. The molecule has 3 aromatic rings. The van der Waals surface area contributed by atoms with Crippen LogP contribution in [-0.2, 0) is 12.6 Å². The van der Waals surface area contributed by atoms with Gasteiger partial charge in [0.2, 0.25) is 0 Å². The zero-order valence-corrected chi connectivity index (χ0v) is 13.5. The monoisotopic (exact) mass is 365 g/mol. The SMILES string of the molecule is NN(c1ccccc1F)c1ccn2c(CC3CC3)nnc2c1C(F)(F)F. The molecule has 0 atom stereocenters. The average Bonchev–Trinajstić information content (AvgIpc) is 3.32. The second-order valence-electron chi connectivity index (χ2n) is 6.35. The first-order chi connectivity index (χ1) is 12.4. The minimum Gasteiger partial charge on any atom is -0.286 e. The van der Waals surface area contributed by atoms with Crippen LogP contribution in [0.15, 0.2) is 36.5 Å². The van der Waals surface area contributed by atoms with Gasteiger partial charge in [-0.2, -0.15) is 13.2 Å². The number of fused-ring (bicyclic) bond motifs is 1. The van der Waals surface area contributed by atoms with Gasteiger partial charge in [0.25, 0.3) is 0 Å². The number of benzene rings is 1. The fourth-order valence-corrected chi connectivity index (χ4v) is 2.96. The second kappa shape index (κ2) is 5.94. The van der Waals surface area contributed by atoms with Crippen LogP contribution in [0.1, 0.15) is 24.2 Å². The number of aromatic nitrogens is 3. The summed E-state index contributed by atoms with van der Waals surface area (Å²) in [4.78, 5) is 0. The lowest BCUT2D eigenvalue weighted by molar-refractivity contribution is -0.136. The summed E-state index contributed by atoms with van der Waals surface area (Å²) in [6.45, 7) is 0. The van der Waals surface area contributed by atoms with Gasteiger partial charge >= 0.3 is 6.18 Å². The Morgan fingerprint density at radius 3 is 2.50 bits per heavy atom. The summed E-state index contributed by atoms with van der Waals surface area (Å²) in [6.07, 6.45) is -0.619. The molecule has 26 heavy (non-hydrogen) atoms. The molecule has 0 spiro atoms. The van der Waals surface area contributed by atoms with E-state index in [1.54, 1.807) is 0 Å². The van der Waals surface area contributed by atoms with E-state index in [0.717, 1.165) is 18.9 Å². The zero-order chi connectivity index (χ0) is 18.5. The van der Waals surface area contributed by atoms with Crippen LogP contribution in [0.2, 0.25) is 0 Å². The molecule has 0 unspecified atom stereocenters. The summed E-state index contributed by atoms with van der Waals surface area (Å²) in [7, 11) is 0. The van der Waals surface area contributed by atoms with Gasteiger partial charge in [0.05, 0.1) is 11.4 Å². The summed E-state index contributed by atoms with van der Waals surface area (Å²) >= 11 is 0. The van der Waals surface area contributed by atoms with Crippen LogP contribution < -0.4 is 10.9 Å². The molecule has 136 valence electrons. The number of nitrogens with two attached hydrogens (primary N) is 1. The number of alkyl halides is 3. The maximum atomic E-state index is 14.0. The number of para-hydroxylation sites is 1. The highest BCUT2D eigenvalue weighted by Gasteiger charge is 2.39. The van der Waals surface area contributed by atoms with Crippen LogP contribution in [0.25, 0.3) is 5.65 Å². The van der Waals surface area contributed by atoms with Crippen LogP contribution >= 0.6 is 0 Å². The lowest BCUT2D eigenvalue weighted by Gasteiger charge is -2.23. The van der Waals surface area contributed by atoms with Crippen molar-refractivity contribution in [1.29, 1.82) is 0 Å². The number of anilines is 2. The Labute approximate surface area is 146 Å². The maximum Gasteiger partial charge on any atom is 0.422 e. The molecule has 2 heterocycles. The lowest BCUT2D eigenvalue weighted by atomic mass is 10.1. The molecule has 1 aliphatic rings. The van der Waals surface area contributed by atoms with E-state index in [0.29, 0.717) is 23.2 Å². The van der Waals surface area contributed by atoms with Crippen molar-refractivity contribution in [3.8, 4) is 0 Å². The third-order valence-electron chi connectivity index (χ3n) is 4.45. The van der Waals surface area contributed by atoms with E-state index in [9.17, 15) is 17.6 Å². The normalized spacial score (nSPS) is 14.8. The van der Waals surface area contributed by atoms with E-state index in [4.69, 9.17) is 5.84 Å². The standard InChI is InChI=1S/C17H15F4N5/c18-11-3-1-2-4-12(11)26(22)13-7-8-25-14(9-10-5-6-10)23-24-16(25)15(13)17(19,20)21/h1-4,7-8,10H,5-6,9,22H2. The topological polar surface area (TPSA) is 59.5 Å². The molecule has 5 nitrogen and oxygen atoms in total. The highest BCUT2D eigenvalue weighted by Crippen LogP contribution is 2.41. The number of hydrazine groups is 1. The Morgan fingerprint density at radius 1 is 1.12 bits per heavy atom. The maximum absolute atomic E-state index is 14.0. The van der Waals surface area contributed by atoms with E-state index in [2.05, 4.69) is 10.2 Å². The molecule has 1 aliphatic carbocycles. The third kappa shape index (κ3) is 2.88. The van der Waals surface area contributed by atoms with Crippen molar-refractivity contribution in [2.75, 3.05) is 5.01 Å². The summed E-state index contributed by atoms with van der Waals surface area (Å²) < 4.78 is 56.7. The van der Waals surface area contributed by atoms with Gasteiger partial charge in [-0.15, -0.1) is 10.2 Å². The quantitative estimate of drug-likeness (QED) is 0.433. The Balaban J connectivity index is 1.88. The highest BCUT2D eigenvalue weighted by molar-refractivity contribution is 5.72. The van der Waals surface area contributed by atoms with Gasteiger partial charge in [-0.1, -0.05) is 12.1 Å². The lowest BCUT2D eigenvalue weighted by Crippen LogP contribution is -2.29. The molecular formula is C17H15F4N5. The first kappa shape index (κ1) is 16.8. The Bertz CT molecular complexity index is 961. The van der Waals surface area contributed by atoms with Crippen LogP contribution in [0.4, 0.5) is 28.9 Å². The molecular weight excluding hydrogens is 350 g/mol. The summed E-state index contributed by atoms with van der Waals surface area (Å²) in [5.41, 5.74) is -1.93. The number of nitrogens with zero attached hydrogens (tertiary/aromatic N) is 4. The number of halogens is 4. The highest BCUT2D eigenvalue weighted by atomic mass is 19.4. The van der Waals surface area contributed by atoms with E-state index in [-0.39, 0.29) is 17.0 Å². The molecule has 4 rings (SSSR count). The van der Waals surface area contributed by atoms with Gasteiger partial charge < -0.3 is 0 Å². The van der Waals surface area contributed by atoms with Crippen molar-refractivity contribution < 1.29 is 17.6 Å². The van der Waals surface area contributed by atoms with Crippen LogP contribution in [0.3, 0.4) is 0 Å². The van der Waals surface area contributed by atoms with Gasteiger partial charge in [-0.05, 0) is 37.0 Å². The fraction of sp³-hybridized carbons (Fsp3) is 0.294.